The van der Waals surface area contributed by atoms with Crippen molar-refractivity contribution in [2.75, 3.05) is 20.3 Å². The van der Waals surface area contributed by atoms with Crippen LogP contribution < -0.4 is 0 Å². The Morgan fingerprint density at radius 3 is 2.17 bits per heavy atom. The van der Waals surface area contributed by atoms with E-state index in [0.717, 1.165) is 0 Å². The summed E-state index contributed by atoms with van der Waals surface area (Å²) in [7, 11) is 1.55. The Balaban J connectivity index is 0. The molecule has 0 amide bonds. The van der Waals surface area contributed by atoms with Crippen LogP contribution in [0.15, 0.2) is 0 Å². The van der Waals surface area contributed by atoms with Crippen molar-refractivity contribution in [2.24, 2.45) is 0 Å². The van der Waals surface area contributed by atoms with Crippen molar-refractivity contribution in [1.82, 2.24) is 0 Å². The normalized spacial score (nSPS) is 7.00. The van der Waals surface area contributed by atoms with Crippen LogP contribution in [0.3, 0.4) is 0 Å². The average Bonchev–Trinajstić information content (AvgIpc) is 1.41. The maximum absolute atomic E-state index is 7.94. The van der Waals surface area contributed by atoms with Gasteiger partial charge in [-0.2, -0.15) is 0 Å². The molecule has 0 aromatic heterocycles. The van der Waals surface area contributed by atoms with Crippen molar-refractivity contribution in [3.8, 4) is 0 Å². The Morgan fingerprint density at radius 2 is 2.17 bits per heavy atom. The second kappa shape index (κ2) is 9.71. The van der Waals surface area contributed by atoms with E-state index in [1.165, 1.54) is 0 Å². The quantitative estimate of drug-likeness (QED) is 0.698. The first-order valence-corrected chi connectivity index (χ1v) is 1.51. The molecule has 0 saturated heterocycles. The molecule has 6 heavy (non-hydrogen) atoms. The van der Waals surface area contributed by atoms with Gasteiger partial charge < -0.3 is 9.84 Å². The maximum atomic E-state index is 7.94. The summed E-state index contributed by atoms with van der Waals surface area (Å²) in [5, 5.41) is 7.94. The van der Waals surface area contributed by atoms with Crippen molar-refractivity contribution in [1.29, 1.82) is 0 Å². The molecule has 0 unspecified atom stereocenters. The van der Waals surface area contributed by atoms with Crippen LogP contribution in [0.2, 0.25) is 0 Å². The molecule has 0 aliphatic carbocycles. The Kier molecular flexibility index (Phi) is 17.0. The van der Waals surface area contributed by atoms with Gasteiger partial charge in [-0.1, -0.05) is 0 Å². The summed E-state index contributed by atoms with van der Waals surface area (Å²) in [6.07, 6.45) is 0. The first-order valence-electron chi connectivity index (χ1n) is 1.51. The van der Waals surface area contributed by atoms with Gasteiger partial charge in [0.25, 0.3) is 0 Å². The predicted molar refractivity (Wildman–Crippen MR) is 19.0 cm³/mol. The van der Waals surface area contributed by atoms with Crippen LogP contribution in [0.1, 0.15) is 0 Å². The van der Waals surface area contributed by atoms with Crippen molar-refractivity contribution in [3.05, 3.63) is 0 Å². The topological polar surface area (TPSA) is 29.5 Å². The molecule has 39 valence electrons. The number of aliphatic hydroxyl groups is 1. The van der Waals surface area contributed by atoms with Gasteiger partial charge in [-0.15, -0.1) is 0 Å². The van der Waals surface area contributed by atoms with E-state index in [0.29, 0.717) is 6.61 Å². The molecule has 0 spiro atoms. The minimum absolute atomic E-state index is 0. The first-order chi connectivity index (χ1) is 2.41. The molecule has 0 aliphatic rings. The molecule has 0 fully saturated rings. The third-order valence-electron chi connectivity index (χ3n) is 0.295. The molecule has 0 heterocycles. The van der Waals surface area contributed by atoms with Gasteiger partial charge in [0, 0.05) is 56.5 Å². The van der Waals surface area contributed by atoms with Crippen LogP contribution in [0, 0.1) is 49.4 Å². The summed E-state index contributed by atoms with van der Waals surface area (Å²) >= 11 is 0. The molecule has 0 aromatic rings. The van der Waals surface area contributed by atoms with E-state index < -0.39 is 0 Å². The third kappa shape index (κ3) is 9.09. The summed E-state index contributed by atoms with van der Waals surface area (Å²) in [5.74, 6) is 0. The van der Waals surface area contributed by atoms with Gasteiger partial charge in [-0.05, 0) is 0 Å². The summed E-state index contributed by atoms with van der Waals surface area (Å²) in [5.41, 5.74) is 0. The number of ether oxygens (including phenoxy) is 1. The maximum Gasteiger partial charge on any atom is 0.0693 e. The van der Waals surface area contributed by atoms with Gasteiger partial charge in [-0.3, -0.25) is 0 Å². The Hall–Kier alpha value is 1.50. The minimum atomic E-state index is 0. The predicted octanol–water partition coefficient (Wildman–Crippen LogP) is -0.375. The molecule has 3 heteroatoms. The molecular formula is C3H8EuO2. The number of methoxy groups -OCH3 is 1. The zero-order chi connectivity index (χ0) is 4.12. The fraction of sp³-hybridized carbons (Fsp3) is 1.00. The number of hydrogen-bond acceptors (Lipinski definition) is 2. The van der Waals surface area contributed by atoms with E-state index in [4.69, 9.17) is 5.11 Å². The standard InChI is InChI=1S/C3H8O2.Eu/c1-5-3-2-4;/h4H,2-3H2,1H3;. The number of aliphatic hydroxyl groups excluding tert-OH is 1. The van der Waals surface area contributed by atoms with Crippen molar-refractivity contribution in [2.45, 2.75) is 0 Å². The van der Waals surface area contributed by atoms with Crippen molar-refractivity contribution in [3.63, 3.8) is 0 Å². The molecular weight excluding hydrogens is 220 g/mol. The fourth-order valence-corrected chi connectivity index (χ4v) is 0.0913. The van der Waals surface area contributed by atoms with Crippen molar-refractivity contribution >= 4 is 0 Å². The first kappa shape index (κ1) is 10.5. The van der Waals surface area contributed by atoms with Gasteiger partial charge in [-0.25, -0.2) is 0 Å². The average molecular weight is 228 g/mol. The summed E-state index contributed by atoms with van der Waals surface area (Å²) in [6.45, 7) is 0.566. The summed E-state index contributed by atoms with van der Waals surface area (Å²) in [4.78, 5) is 0. The zero-order valence-electron chi connectivity index (χ0n) is 3.65. The molecule has 0 atom stereocenters. The molecule has 1 N–H and O–H groups in total. The van der Waals surface area contributed by atoms with Crippen LogP contribution in [0.4, 0.5) is 0 Å². The van der Waals surface area contributed by atoms with E-state index in [2.05, 4.69) is 4.74 Å². The molecule has 0 aliphatic heterocycles. The van der Waals surface area contributed by atoms with Gasteiger partial charge in [0.05, 0.1) is 13.2 Å². The van der Waals surface area contributed by atoms with Crippen LogP contribution in [-0.2, 0) is 4.74 Å². The van der Waals surface area contributed by atoms with Crippen LogP contribution in [0.5, 0.6) is 0 Å². The van der Waals surface area contributed by atoms with E-state index in [1.807, 2.05) is 0 Å². The number of hydrogen-bond donors (Lipinski definition) is 1. The second-order valence-electron chi connectivity index (χ2n) is 0.716. The molecule has 0 saturated carbocycles. The van der Waals surface area contributed by atoms with Gasteiger partial charge in [0.15, 0.2) is 0 Å². The minimum Gasteiger partial charge on any atom is -0.394 e. The molecule has 2 nitrogen and oxygen atoms in total. The SMILES string of the molecule is COCCO.[Eu]. The number of rotatable bonds is 2. The molecule has 0 rings (SSSR count). The van der Waals surface area contributed by atoms with E-state index in [1.54, 1.807) is 7.11 Å². The Labute approximate surface area is 78.4 Å². The molecule has 0 bridgehead atoms. The van der Waals surface area contributed by atoms with Gasteiger partial charge in [0.2, 0.25) is 0 Å². The van der Waals surface area contributed by atoms with E-state index in [9.17, 15) is 0 Å². The summed E-state index contributed by atoms with van der Waals surface area (Å²) < 4.78 is 4.44. The fourth-order valence-electron chi connectivity index (χ4n) is 0.0913. The molecule has 0 aromatic carbocycles. The Morgan fingerprint density at radius 1 is 1.67 bits per heavy atom. The Bertz CT molecular complexity index is 16.3. The van der Waals surface area contributed by atoms with E-state index >= 15 is 0 Å². The van der Waals surface area contributed by atoms with Crippen LogP contribution in [-0.4, -0.2) is 25.4 Å². The van der Waals surface area contributed by atoms with E-state index in [-0.39, 0.29) is 56.0 Å². The van der Waals surface area contributed by atoms with Crippen LogP contribution in [0.25, 0.3) is 0 Å². The second-order valence-corrected chi connectivity index (χ2v) is 0.716. The van der Waals surface area contributed by atoms with Gasteiger partial charge in [0.1, 0.15) is 0 Å². The van der Waals surface area contributed by atoms with Crippen LogP contribution >= 0.6 is 0 Å². The smallest absolute Gasteiger partial charge is 0.0693 e. The third-order valence-corrected chi connectivity index (χ3v) is 0.295. The van der Waals surface area contributed by atoms with Crippen molar-refractivity contribution < 1.29 is 59.2 Å². The summed E-state index contributed by atoms with van der Waals surface area (Å²) in [6, 6.07) is 0. The zero-order valence-corrected chi connectivity index (χ0v) is 6.07. The monoisotopic (exact) mass is 229 g/mol. The molecule has 1 radical (unpaired) electrons. The van der Waals surface area contributed by atoms with Gasteiger partial charge >= 0.3 is 0 Å². The largest absolute Gasteiger partial charge is 0.394 e.